The number of aliphatic hydroxyl groups is 3. The monoisotopic (exact) mass is 1390 g/mol. The highest BCUT2D eigenvalue weighted by atomic mass is 31.2. The molecule has 520 valence electrons. The molecule has 0 amide bonds. The SMILES string of the molecule is CC1(C)O[C@H]2[C@H](c3ccc4c(N)ncnn34)O[C@](C#N)(CO)[C@H]2O1.CCC(CC)COC(=O)[C@H](C)OP(=O)(OC[C@@]1(C#N)O[C@@H](c2ccc3c(N)ncnn23)[C@H](O)[C@@H]1O)Oc1ccccc1.CCC(CC)COC(=O)[C@H](C)OP(=O)(Oc1ccccc1)Oc1ccc([N+](=O)[O-])cc1. The summed E-state index contributed by atoms with van der Waals surface area (Å²) in [5.74, 6) is -1.18. The largest absolute Gasteiger partial charge is 0.588 e. The minimum Gasteiger partial charge on any atom is -0.463 e. The topological polar surface area (TPSA) is 443 Å². The van der Waals surface area contributed by atoms with Crippen LogP contribution in [0.2, 0.25) is 0 Å². The zero-order valence-corrected chi connectivity index (χ0v) is 56.0. The van der Waals surface area contributed by atoms with E-state index in [-0.39, 0.29) is 59.5 Å². The normalized spacial score (nSPS) is 23.4. The summed E-state index contributed by atoms with van der Waals surface area (Å²) in [6.07, 6.45) is -3.32. The van der Waals surface area contributed by atoms with Gasteiger partial charge in [-0.25, -0.2) is 37.7 Å². The van der Waals surface area contributed by atoms with Crippen molar-refractivity contribution in [3.8, 4) is 29.4 Å². The number of hydrogen-bond acceptors (Lipinski definition) is 29. The number of nitrogens with two attached hydrogens (primary N) is 2. The number of nitrogen functional groups attached to an aromatic ring is 2. The Morgan fingerprint density at radius 3 is 1.56 bits per heavy atom. The predicted octanol–water partition coefficient (Wildman–Crippen LogP) is 8.66. The first-order valence-electron chi connectivity index (χ1n) is 30.9. The summed E-state index contributed by atoms with van der Waals surface area (Å²) in [6, 6.07) is 31.6. The molecule has 0 radical (unpaired) electrons. The fourth-order valence-corrected chi connectivity index (χ4v) is 13.0. The first-order valence-corrected chi connectivity index (χ1v) is 33.8. The Balaban J connectivity index is 0.000000193. The molecule has 7 heterocycles. The van der Waals surface area contributed by atoms with Crippen molar-refractivity contribution < 1.29 is 94.5 Å². The van der Waals surface area contributed by atoms with Crippen molar-refractivity contribution in [3.63, 3.8) is 0 Å². The third-order valence-electron chi connectivity index (χ3n) is 16.0. The van der Waals surface area contributed by atoms with E-state index in [0.717, 1.165) is 25.7 Å². The number of ether oxygens (including phenoxy) is 6. The second-order valence-corrected chi connectivity index (χ2v) is 26.1. The van der Waals surface area contributed by atoms with Gasteiger partial charge in [0.1, 0.15) is 96.3 Å². The highest BCUT2D eigenvalue weighted by molar-refractivity contribution is 7.49. The van der Waals surface area contributed by atoms with Crippen LogP contribution in [0.4, 0.5) is 17.3 Å². The van der Waals surface area contributed by atoms with Gasteiger partial charge in [0.05, 0.1) is 36.1 Å². The van der Waals surface area contributed by atoms with E-state index in [0.29, 0.717) is 22.5 Å². The van der Waals surface area contributed by atoms with Gasteiger partial charge in [-0.2, -0.15) is 20.7 Å². The smallest absolute Gasteiger partial charge is 0.463 e. The van der Waals surface area contributed by atoms with Crippen molar-refractivity contribution in [2.75, 3.05) is 37.9 Å². The number of para-hydroxylation sites is 2. The van der Waals surface area contributed by atoms with Gasteiger partial charge in [0.2, 0.25) is 11.2 Å². The molecule has 2 unspecified atom stereocenters. The maximum atomic E-state index is 13.9. The van der Waals surface area contributed by atoms with Crippen LogP contribution >= 0.6 is 15.6 Å². The Bertz CT molecular complexity index is 4000. The molecule has 4 aromatic heterocycles. The van der Waals surface area contributed by atoms with Gasteiger partial charge in [-0.1, -0.05) is 89.8 Å². The van der Waals surface area contributed by atoms with E-state index in [1.807, 2.05) is 39.8 Å². The summed E-state index contributed by atoms with van der Waals surface area (Å²) < 4.78 is 97.1. The molecule has 0 saturated carbocycles. The number of phosphoric ester groups is 2. The van der Waals surface area contributed by atoms with Crippen LogP contribution in [0.1, 0.15) is 105 Å². The molecule has 97 heavy (non-hydrogen) atoms. The van der Waals surface area contributed by atoms with E-state index >= 15 is 0 Å². The van der Waals surface area contributed by atoms with Crippen LogP contribution in [0, 0.1) is 44.6 Å². The number of hydrogen-bond donors (Lipinski definition) is 5. The number of fused-ring (bicyclic) bond motifs is 3. The lowest BCUT2D eigenvalue weighted by Crippen LogP contribution is -2.45. The molecule has 3 aliphatic heterocycles. The quantitative estimate of drug-likeness (QED) is 0.0139. The Morgan fingerprint density at radius 1 is 0.660 bits per heavy atom. The van der Waals surface area contributed by atoms with Gasteiger partial charge in [0, 0.05) is 12.1 Å². The highest BCUT2D eigenvalue weighted by Gasteiger charge is 2.64. The number of rotatable bonds is 27. The van der Waals surface area contributed by atoms with Gasteiger partial charge in [-0.05, 0) is 100 Å². The van der Waals surface area contributed by atoms with Crippen molar-refractivity contribution >= 4 is 55.9 Å². The number of carbonyl (C=O) groups is 2. The summed E-state index contributed by atoms with van der Waals surface area (Å²) in [5, 5.41) is 70.4. The first kappa shape index (κ1) is 74.1. The van der Waals surface area contributed by atoms with E-state index < -0.39 is 112 Å². The van der Waals surface area contributed by atoms with E-state index in [2.05, 4.69) is 20.2 Å². The molecule has 3 saturated heterocycles. The average Bonchev–Trinajstić information content (AvgIpc) is 1.57. The average molecular weight is 1390 g/mol. The standard InChI is InChI=1S/C27H34N5O9P.C21H26NO8P.C15H17N5O4/c1-4-18(5-2)13-37-26(35)17(3)40-42(36,41-19-9-7-6-8-10-19)38-15-27(14-28)24(34)22(33)23(39-27)20-11-12-21-25(29)30-16-31-32(20)21;1-4-17(5-2)15-27-21(23)16(3)28-31(26,29-19-9-7-6-8-10-19)30-20-13-11-18(12-14-20)22(24)25;1-14(2)22-11-10(23-15(5-16,6-21)12(11)24-14)8-3-4-9-13(17)18-7-19-20(8)9/h6-12,16-18,22-24,33-34H,4-5,13,15H2,1-3H3,(H2,29,30,31);6-14,16-17H,4-5,15H2,1-3H3;3-4,7,10-12,21H,6H2,1-2H3,(H2,17,18,19)/t17-,22-,23-,24-,27+,42?;16-,31?;10-,11-,12-,15+/m000/s1. The van der Waals surface area contributed by atoms with E-state index in [1.165, 1.54) is 67.4 Å². The maximum Gasteiger partial charge on any atom is 0.588 e. The number of phosphoric acid groups is 2. The molecule has 7 N–H and O–H groups in total. The van der Waals surface area contributed by atoms with Crippen LogP contribution in [-0.2, 0) is 60.7 Å². The summed E-state index contributed by atoms with van der Waals surface area (Å²) in [7, 11) is -9.00. The van der Waals surface area contributed by atoms with Crippen molar-refractivity contribution in [1.82, 2.24) is 29.2 Å². The van der Waals surface area contributed by atoms with E-state index in [1.54, 1.807) is 91.2 Å². The first-order chi connectivity index (χ1) is 46.2. The van der Waals surface area contributed by atoms with Crippen molar-refractivity contribution in [3.05, 3.63) is 143 Å². The van der Waals surface area contributed by atoms with Gasteiger partial charge in [0.15, 0.2) is 29.6 Å². The van der Waals surface area contributed by atoms with Gasteiger partial charge in [-0.15, -0.1) is 0 Å². The van der Waals surface area contributed by atoms with Crippen molar-refractivity contribution in [1.29, 1.82) is 10.5 Å². The Hall–Kier alpha value is -8.72. The number of benzene rings is 3. The highest BCUT2D eigenvalue weighted by Crippen LogP contribution is 2.54. The maximum absolute atomic E-state index is 13.9. The third-order valence-corrected chi connectivity index (χ3v) is 18.9. The summed E-state index contributed by atoms with van der Waals surface area (Å²) >= 11 is 0. The molecular weight excluding hydrogens is 1310 g/mol. The van der Waals surface area contributed by atoms with Gasteiger partial charge < -0.3 is 68.8 Å². The van der Waals surface area contributed by atoms with Gasteiger partial charge in [0.25, 0.3) is 5.69 Å². The Morgan fingerprint density at radius 2 is 1.10 bits per heavy atom. The van der Waals surface area contributed by atoms with Crippen LogP contribution in [0.25, 0.3) is 11.0 Å². The molecule has 3 fully saturated rings. The summed E-state index contributed by atoms with van der Waals surface area (Å²) in [5.41, 5.74) is 9.85. The number of carbonyl (C=O) groups excluding carboxylic acids is 2. The van der Waals surface area contributed by atoms with Crippen molar-refractivity contribution in [2.45, 2.75) is 147 Å². The lowest BCUT2D eigenvalue weighted by Gasteiger charge is -2.27. The molecule has 3 aliphatic rings. The number of nitro groups is 1. The lowest BCUT2D eigenvalue weighted by atomic mass is 9.96. The number of nitriles is 2. The molecule has 3 aromatic carbocycles. The fraction of sp³-hybridized carbons (Fsp3) is 0.460. The third kappa shape index (κ3) is 17.5. The molecular formula is C63H77N11O21P2. The Labute approximate surface area is 557 Å². The zero-order valence-electron chi connectivity index (χ0n) is 54.2. The summed E-state index contributed by atoms with van der Waals surface area (Å²) in [4.78, 5) is 43.1. The molecule has 12 atom stereocenters. The van der Waals surface area contributed by atoms with Crippen LogP contribution in [0.15, 0.2) is 122 Å². The van der Waals surface area contributed by atoms with Crippen LogP contribution in [0.3, 0.4) is 0 Å². The molecule has 10 rings (SSSR count). The number of nitro benzene ring substituents is 1. The van der Waals surface area contributed by atoms with Crippen molar-refractivity contribution in [2.24, 2.45) is 11.8 Å². The molecule has 7 aromatic rings. The molecule has 32 nitrogen and oxygen atoms in total. The second kappa shape index (κ2) is 32.1. The zero-order chi connectivity index (χ0) is 70.5. The predicted molar refractivity (Wildman–Crippen MR) is 342 cm³/mol. The van der Waals surface area contributed by atoms with Crippen LogP contribution in [-0.4, -0.2) is 141 Å². The second-order valence-electron chi connectivity index (χ2n) is 23.0. The lowest BCUT2D eigenvalue weighted by molar-refractivity contribution is -0.384. The number of non-ortho nitro benzene ring substituents is 1. The number of nitrogens with zero attached hydrogens (tertiary/aromatic N) is 9. The fourth-order valence-electron chi connectivity index (χ4n) is 10.3. The summed E-state index contributed by atoms with van der Waals surface area (Å²) in [6.45, 7) is 13.2. The number of aliphatic hydroxyl groups excluding tert-OH is 3. The molecule has 0 aliphatic carbocycles. The number of anilines is 2. The minimum absolute atomic E-state index is 0.0162. The van der Waals surface area contributed by atoms with Gasteiger partial charge in [-0.3, -0.25) is 23.7 Å². The van der Waals surface area contributed by atoms with Gasteiger partial charge >= 0.3 is 27.6 Å². The van der Waals surface area contributed by atoms with E-state index in [4.69, 9.17) is 67.0 Å². The Kier molecular flexibility index (Phi) is 24.5. The van der Waals surface area contributed by atoms with E-state index in [9.17, 15) is 54.7 Å². The number of esters is 2. The molecule has 0 bridgehead atoms. The molecule has 34 heteroatoms. The molecule has 0 spiro atoms. The van der Waals surface area contributed by atoms with Crippen LogP contribution < -0.4 is 25.0 Å². The minimum atomic E-state index is -4.66. The van der Waals surface area contributed by atoms with Crippen LogP contribution in [0.5, 0.6) is 17.2 Å². The number of aromatic nitrogens is 6.